The first-order valence-corrected chi connectivity index (χ1v) is 5.99. The first-order chi connectivity index (χ1) is 8.15. The van der Waals surface area contributed by atoms with Crippen LogP contribution in [0.25, 0.3) is 0 Å². The molecule has 2 rings (SSSR count). The Labute approximate surface area is 112 Å². The Bertz CT molecular complexity index is 541. The summed E-state index contributed by atoms with van der Waals surface area (Å²) in [7, 11) is 0. The lowest BCUT2D eigenvalue weighted by atomic mass is 10.3. The van der Waals surface area contributed by atoms with Gasteiger partial charge in [-0.3, -0.25) is 4.98 Å². The highest BCUT2D eigenvalue weighted by Gasteiger charge is 1.99. The minimum atomic E-state index is 0.341. The molecule has 0 saturated carbocycles. The number of hydrogen-bond donors (Lipinski definition) is 2. The van der Waals surface area contributed by atoms with Gasteiger partial charge in [0.1, 0.15) is 10.8 Å². The van der Waals surface area contributed by atoms with Gasteiger partial charge in [0.15, 0.2) is 0 Å². The quantitative estimate of drug-likeness (QED) is 0.853. The number of rotatable bonds is 3. The van der Waals surface area contributed by atoms with Crippen molar-refractivity contribution < 1.29 is 0 Å². The van der Waals surface area contributed by atoms with E-state index in [1.807, 2.05) is 18.2 Å². The summed E-state index contributed by atoms with van der Waals surface area (Å²) in [5.74, 6) is 0.713. The van der Waals surface area contributed by atoms with Crippen LogP contribution < -0.4 is 11.1 Å². The number of anilines is 2. The third-order valence-corrected chi connectivity index (χ3v) is 2.69. The van der Waals surface area contributed by atoms with Gasteiger partial charge in [0, 0.05) is 22.4 Å². The molecule has 3 N–H and O–H groups in total. The van der Waals surface area contributed by atoms with Crippen LogP contribution in [-0.4, -0.2) is 15.0 Å². The molecule has 0 aromatic carbocycles. The zero-order valence-electron chi connectivity index (χ0n) is 8.72. The Hall–Kier alpha value is -1.53. The maximum absolute atomic E-state index is 5.49. The number of aromatic nitrogens is 2. The highest BCUT2D eigenvalue weighted by atomic mass is 79.9. The number of pyridine rings is 2. The molecule has 0 aliphatic rings. The van der Waals surface area contributed by atoms with Gasteiger partial charge in [-0.05, 0) is 34.1 Å². The second kappa shape index (κ2) is 5.20. The van der Waals surface area contributed by atoms with Crippen molar-refractivity contribution in [3.63, 3.8) is 0 Å². The Morgan fingerprint density at radius 1 is 1.29 bits per heavy atom. The molecular formula is C11H9BrN4S. The van der Waals surface area contributed by atoms with Crippen LogP contribution in [0.1, 0.15) is 5.56 Å². The molecule has 2 aromatic heterocycles. The van der Waals surface area contributed by atoms with Gasteiger partial charge in [-0.1, -0.05) is 12.2 Å². The lowest BCUT2D eigenvalue weighted by Crippen LogP contribution is -2.09. The molecule has 4 nitrogen and oxygen atoms in total. The van der Waals surface area contributed by atoms with Gasteiger partial charge < -0.3 is 11.1 Å². The highest BCUT2D eigenvalue weighted by Crippen LogP contribution is 2.17. The van der Waals surface area contributed by atoms with E-state index in [2.05, 4.69) is 31.2 Å². The average Bonchev–Trinajstić information content (AvgIpc) is 2.29. The molecule has 0 aliphatic heterocycles. The molecule has 0 radical (unpaired) electrons. The molecule has 0 saturated heterocycles. The number of nitrogens with one attached hydrogen (secondary N) is 1. The predicted molar refractivity (Wildman–Crippen MR) is 75.3 cm³/mol. The standard InChI is InChI=1S/C11H9BrN4S/c12-8-3-9(6-14-5-8)16-10-2-1-7(4-15-10)11(13)17/h1-6H,(H2,13,17)(H,15,16). The monoisotopic (exact) mass is 308 g/mol. The molecule has 2 heterocycles. The Balaban J connectivity index is 2.16. The molecule has 0 bridgehead atoms. The zero-order chi connectivity index (χ0) is 12.3. The first-order valence-electron chi connectivity index (χ1n) is 4.78. The van der Waals surface area contributed by atoms with Crippen LogP contribution in [0.3, 0.4) is 0 Å². The van der Waals surface area contributed by atoms with Crippen LogP contribution in [0.2, 0.25) is 0 Å². The summed E-state index contributed by atoms with van der Waals surface area (Å²) in [6, 6.07) is 5.55. The molecule has 86 valence electrons. The van der Waals surface area contributed by atoms with Crippen molar-refractivity contribution in [1.29, 1.82) is 0 Å². The normalized spacial score (nSPS) is 9.94. The Morgan fingerprint density at radius 2 is 2.12 bits per heavy atom. The predicted octanol–water partition coefficient (Wildman–Crippen LogP) is 2.62. The summed E-state index contributed by atoms with van der Waals surface area (Å²) in [4.78, 5) is 8.59. The van der Waals surface area contributed by atoms with Crippen LogP contribution in [-0.2, 0) is 0 Å². The number of nitrogens with zero attached hydrogens (tertiary/aromatic N) is 2. The van der Waals surface area contributed by atoms with Gasteiger partial charge in [0.2, 0.25) is 0 Å². The van der Waals surface area contributed by atoms with E-state index in [0.29, 0.717) is 10.8 Å². The van der Waals surface area contributed by atoms with Crippen LogP contribution >= 0.6 is 28.1 Å². The third-order valence-electron chi connectivity index (χ3n) is 2.03. The van der Waals surface area contributed by atoms with Gasteiger partial charge >= 0.3 is 0 Å². The average molecular weight is 309 g/mol. The molecule has 0 aliphatic carbocycles. The summed E-state index contributed by atoms with van der Waals surface area (Å²) in [6.45, 7) is 0. The van der Waals surface area contributed by atoms with E-state index in [1.54, 1.807) is 18.6 Å². The van der Waals surface area contributed by atoms with Gasteiger partial charge in [-0.2, -0.15) is 0 Å². The highest BCUT2D eigenvalue weighted by molar-refractivity contribution is 9.10. The summed E-state index contributed by atoms with van der Waals surface area (Å²) in [5, 5.41) is 3.12. The Kier molecular flexibility index (Phi) is 3.65. The van der Waals surface area contributed by atoms with Crippen molar-refractivity contribution in [1.82, 2.24) is 9.97 Å². The number of halogens is 1. The van der Waals surface area contributed by atoms with Crippen molar-refractivity contribution in [2.24, 2.45) is 5.73 Å². The largest absolute Gasteiger partial charge is 0.389 e. The Morgan fingerprint density at radius 3 is 2.71 bits per heavy atom. The lowest BCUT2D eigenvalue weighted by Gasteiger charge is -2.05. The second-order valence-corrected chi connectivity index (χ2v) is 4.67. The van der Waals surface area contributed by atoms with Crippen LogP contribution in [0.4, 0.5) is 11.5 Å². The topological polar surface area (TPSA) is 63.8 Å². The van der Waals surface area contributed by atoms with Gasteiger partial charge in [0.25, 0.3) is 0 Å². The van der Waals surface area contributed by atoms with Crippen molar-refractivity contribution in [3.8, 4) is 0 Å². The van der Waals surface area contributed by atoms with E-state index in [9.17, 15) is 0 Å². The molecule has 0 amide bonds. The molecule has 17 heavy (non-hydrogen) atoms. The minimum absolute atomic E-state index is 0.341. The maximum Gasteiger partial charge on any atom is 0.130 e. The van der Waals surface area contributed by atoms with Crippen LogP contribution in [0.5, 0.6) is 0 Å². The number of nitrogens with two attached hydrogens (primary N) is 1. The fraction of sp³-hybridized carbons (Fsp3) is 0. The van der Waals surface area contributed by atoms with Crippen molar-refractivity contribution in [2.45, 2.75) is 0 Å². The van der Waals surface area contributed by atoms with E-state index in [-0.39, 0.29) is 0 Å². The maximum atomic E-state index is 5.49. The lowest BCUT2D eigenvalue weighted by molar-refractivity contribution is 1.26. The van der Waals surface area contributed by atoms with E-state index in [0.717, 1.165) is 15.7 Å². The summed E-state index contributed by atoms with van der Waals surface area (Å²) in [6.07, 6.45) is 5.07. The van der Waals surface area contributed by atoms with Gasteiger partial charge in [0.05, 0.1) is 11.9 Å². The summed E-state index contributed by atoms with van der Waals surface area (Å²) >= 11 is 8.20. The molecular weight excluding hydrogens is 300 g/mol. The molecule has 0 fully saturated rings. The summed E-state index contributed by atoms with van der Waals surface area (Å²) in [5.41, 5.74) is 7.10. The molecule has 0 spiro atoms. The molecule has 0 unspecified atom stereocenters. The van der Waals surface area contributed by atoms with Gasteiger partial charge in [-0.15, -0.1) is 0 Å². The third kappa shape index (κ3) is 3.21. The van der Waals surface area contributed by atoms with E-state index < -0.39 is 0 Å². The minimum Gasteiger partial charge on any atom is -0.389 e. The zero-order valence-corrected chi connectivity index (χ0v) is 11.1. The number of thiocarbonyl (C=S) groups is 1. The molecule has 2 aromatic rings. The van der Waals surface area contributed by atoms with E-state index in [4.69, 9.17) is 18.0 Å². The van der Waals surface area contributed by atoms with Crippen LogP contribution in [0, 0.1) is 0 Å². The smallest absolute Gasteiger partial charge is 0.130 e. The fourth-order valence-corrected chi connectivity index (χ4v) is 1.73. The second-order valence-electron chi connectivity index (χ2n) is 3.31. The molecule has 6 heteroatoms. The van der Waals surface area contributed by atoms with Crippen molar-refractivity contribution in [2.75, 3.05) is 5.32 Å². The number of hydrogen-bond acceptors (Lipinski definition) is 4. The van der Waals surface area contributed by atoms with E-state index in [1.165, 1.54) is 0 Å². The van der Waals surface area contributed by atoms with Crippen molar-refractivity contribution >= 4 is 44.6 Å². The first kappa shape index (κ1) is 11.9. The summed E-state index contributed by atoms with van der Waals surface area (Å²) < 4.78 is 0.905. The molecule has 0 atom stereocenters. The van der Waals surface area contributed by atoms with Crippen molar-refractivity contribution in [3.05, 3.63) is 46.8 Å². The fourth-order valence-electron chi connectivity index (χ4n) is 1.24. The van der Waals surface area contributed by atoms with E-state index >= 15 is 0 Å². The van der Waals surface area contributed by atoms with Crippen LogP contribution in [0.15, 0.2) is 41.3 Å². The SMILES string of the molecule is NC(=S)c1ccc(Nc2cncc(Br)c2)nc1. The van der Waals surface area contributed by atoms with Gasteiger partial charge in [-0.25, -0.2) is 4.98 Å².